The Bertz CT molecular complexity index is 840. The van der Waals surface area contributed by atoms with Crippen LogP contribution in [0.2, 0.25) is 15.1 Å². The summed E-state index contributed by atoms with van der Waals surface area (Å²) in [5.41, 5.74) is 1.19. The predicted molar refractivity (Wildman–Crippen MR) is 110 cm³/mol. The highest BCUT2D eigenvalue weighted by molar-refractivity contribution is 6.36. The first-order valence-electron chi connectivity index (χ1n) is 8.44. The summed E-state index contributed by atoms with van der Waals surface area (Å²) in [7, 11) is 1.69. The maximum absolute atomic E-state index is 12.9. The Morgan fingerprint density at radius 2 is 1.70 bits per heavy atom. The molecule has 2 amide bonds. The Kier molecular flexibility index (Phi) is 7.54. The summed E-state index contributed by atoms with van der Waals surface area (Å²) in [6.45, 7) is 4.14. The van der Waals surface area contributed by atoms with Crippen LogP contribution in [0, 0.1) is 5.92 Å². The summed E-state index contributed by atoms with van der Waals surface area (Å²) < 4.78 is 0. The van der Waals surface area contributed by atoms with Gasteiger partial charge in [-0.3, -0.25) is 9.59 Å². The molecule has 0 fully saturated rings. The molecule has 7 heteroatoms. The Morgan fingerprint density at radius 3 is 2.30 bits per heavy atom. The van der Waals surface area contributed by atoms with Crippen LogP contribution in [0.25, 0.3) is 0 Å². The van der Waals surface area contributed by atoms with Crippen LogP contribution >= 0.6 is 34.8 Å². The van der Waals surface area contributed by atoms with E-state index in [9.17, 15) is 9.59 Å². The van der Waals surface area contributed by atoms with Gasteiger partial charge in [0.15, 0.2) is 0 Å². The maximum Gasteiger partial charge on any atom is 0.253 e. The molecule has 1 N–H and O–H groups in total. The summed E-state index contributed by atoms with van der Waals surface area (Å²) in [6, 6.07) is 11.2. The van der Waals surface area contributed by atoms with Crippen LogP contribution in [-0.2, 0) is 11.3 Å². The quantitative estimate of drug-likeness (QED) is 0.700. The third kappa shape index (κ3) is 5.86. The van der Waals surface area contributed by atoms with E-state index >= 15 is 0 Å². The van der Waals surface area contributed by atoms with Gasteiger partial charge in [0, 0.05) is 23.6 Å². The molecule has 0 aliphatic rings. The van der Waals surface area contributed by atoms with Crippen LogP contribution in [0.4, 0.5) is 0 Å². The number of nitrogens with zero attached hydrogens (tertiary/aromatic N) is 1. The van der Waals surface area contributed by atoms with Crippen LogP contribution in [0.15, 0.2) is 42.5 Å². The van der Waals surface area contributed by atoms with Crippen molar-refractivity contribution < 1.29 is 9.59 Å². The van der Waals surface area contributed by atoms with Crippen molar-refractivity contribution in [3.63, 3.8) is 0 Å². The molecular formula is C20H21Cl3N2O2. The van der Waals surface area contributed by atoms with Gasteiger partial charge in [-0.15, -0.1) is 0 Å². The van der Waals surface area contributed by atoms with E-state index in [1.165, 1.54) is 12.1 Å². The fourth-order valence-corrected chi connectivity index (χ4v) is 3.34. The van der Waals surface area contributed by atoms with Crippen molar-refractivity contribution in [2.75, 3.05) is 7.05 Å². The van der Waals surface area contributed by atoms with E-state index in [0.29, 0.717) is 16.6 Å². The average molecular weight is 428 g/mol. The van der Waals surface area contributed by atoms with Crippen LogP contribution in [0.1, 0.15) is 29.8 Å². The van der Waals surface area contributed by atoms with E-state index in [0.717, 1.165) is 5.56 Å². The minimum absolute atomic E-state index is 0.102. The Labute approximate surface area is 174 Å². The van der Waals surface area contributed by atoms with Gasteiger partial charge in [0.25, 0.3) is 5.91 Å². The highest BCUT2D eigenvalue weighted by Crippen LogP contribution is 2.21. The van der Waals surface area contributed by atoms with E-state index in [1.807, 2.05) is 32.0 Å². The van der Waals surface area contributed by atoms with Crippen molar-refractivity contribution in [1.29, 1.82) is 0 Å². The summed E-state index contributed by atoms with van der Waals surface area (Å²) >= 11 is 18.0. The first-order valence-corrected chi connectivity index (χ1v) is 9.57. The number of likely N-dealkylation sites (N-methyl/N-ethyl adjacent to an activating group) is 1. The predicted octanol–water partition coefficient (Wildman–Crippen LogP) is 5.06. The van der Waals surface area contributed by atoms with Gasteiger partial charge in [0.2, 0.25) is 5.91 Å². The molecule has 0 spiro atoms. The number of halogens is 3. The lowest BCUT2D eigenvalue weighted by Gasteiger charge is -2.27. The molecular weight excluding hydrogens is 407 g/mol. The van der Waals surface area contributed by atoms with Gasteiger partial charge in [0.1, 0.15) is 6.04 Å². The minimum Gasteiger partial charge on any atom is -0.340 e. The maximum atomic E-state index is 12.9. The molecule has 0 saturated carbocycles. The monoisotopic (exact) mass is 426 g/mol. The van der Waals surface area contributed by atoms with Crippen molar-refractivity contribution in [3.05, 3.63) is 68.7 Å². The SMILES string of the molecule is CC(C)[C@H](NC(=O)c1ccc(Cl)cc1Cl)C(=O)N(C)Cc1cccc(Cl)c1. The lowest BCUT2D eigenvalue weighted by molar-refractivity contribution is -0.133. The molecule has 0 aliphatic heterocycles. The van der Waals surface area contributed by atoms with E-state index in [4.69, 9.17) is 34.8 Å². The molecule has 0 radical (unpaired) electrons. The van der Waals surface area contributed by atoms with Gasteiger partial charge in [-0.2, -0.15) is 0 Å². The molecule has 0 heterocycles. The molecule has 4 nitrogen and oxygen atoms in total. The molecule has 0 aliphatic carbocycles. The normalized spacial score (nSPS) is 12.0. The van der Waals surface area contributed by atoms with Crippen LogP contribution in [0.5, 0.6) is 0 Å². The third-order valence-electron chi connectivity index (χ3n) is 4.08. The first-order chi connectivity index (χ1) is 12.7. The number of hydrogen-bond acceptors (Lipinski definition) is 2. The topological polar surface area (TPSA) is 49.4 Å². The van der Waals surface area contributed by atoms with Gasteiger partial charge in [-0.25, -0.2) is 0 Å². The smallest absolute Gasteiger partial charge is 0.253 e. The highest BCUT2D eigenvalue weighted by Gasteiger charge is 2.28. The number of carbonyl (C=O) groups is 2. The van der Waals surface area contributed by atoms with E-state index in [1.54, 1.807) is 24.1 Å². The van der Waals surface area contributed by atoms with Crippen LogP contribution in [0.3, 0.4) is 0 Å². The Balaban J connectivity index is 2.13. The summed E-state index contributed by atoms with van der Waals surface area (Å²) in [5.74, 6) is -0.711. The lowest BCUT2D eigenvalue weighted by atomic mass is 10.0. The molecule has 0 bridgehead atoms. The van der Waals surface area contributed by atoms with Crippen molar-refractivity contribution in [2.45, 2.75) is 26.4 Å². The van der Waals surface area contributed by atoms with Crippen LogP contribution < -0.4 is 5.32 Å². The van der Waals surface area contributed by atoms with E-state index in [2.05, 4.69) is 5.32 Å². The van der Waals surface area contributed by atoms with Gasteiger partial charge >= 0.3 is 0 Å². The van der Waals surface area contributed by atoms with E-state index < -0.39 is 11.9 Å². The second kappa shape index (κ2) is 9.45. The number of hydrogen-bond donors (Lipinski definition) is 1. The second-order valence-corrected chi connectivity index (χ2v) is 7.92. The molecule has 0 saturated heterocycles. The van der Waals surface area contributed by atoms with E-state index in [-0.39, 0.29) is 22.4 Å². The Hall–Kier alpha value is -1.75. The standard InChI is InChI=1S/C20H21Cl3N2O2/c1-12(2)18(24-19(26)16-8-7-15(22)10-17(16)23)20(27)25(3)11-13-5-4-6-14(21)9-13/h4-10,12,18H,11H2,1-3H3,(H,24,26)/t18-/m0/s1. The zero-order chi connectivity index (χ0) is 20.1. The van der Waals surface area contributed by atoms with Crippen molar-refractivity contribution in [3.8, 4) is 0 Å². The van der Waals surface area contributed by atoms with Crippen molar-refractivity contribution in [1.82, 2.24) is 10.2 Å². The molecule has 1 atom stereocenters. The molecule has 2 aromatic rings. The second-order valence-electron chi connectivity index (χ2n) is 6.64. The molecule has 0 unspecified atom stereocenters. The fraction of sp³-hybridized carbons (Fsp3) is 0.300. The van der Waals surface area contributed by atoms with Gasteiger partial charge < -0.3 is 10.2 Å². The summed E-state index contributed by atoms with van der Waals surface area (Å²) in [6.07, 6.45) is 0. The summed E-state index contributed by atoms with van der Waals surface area (Å²) in [4.78, 5) is 27.1. The number of amides is 2. The van der Waals surface area contributed by atoms with Crippen molar-refractivity contribution >= 4 is 46.6 Å². The highest BCUT2D eigenvalue weighted by atomic mass is 35.5. The average Bonchev–Trinajstić information content (AvgIpc) is 2.58. The molecule has 0 aromatic heterocycles. The van der Waals surface area contributed by atoms with Crippen molar-refractivity contribution in [2.24, 2.45) is 5.92 Å². The number of benzene rings is 2. The lowest BCUT2D eigenvalue weighted by Crippen LogP contribution is -2.50. The van der Waals surface area contributed by atoms with Crippen LogP contribution in [-0.4, -0.2) is 29.8 Å². The molecule has 2 rings (SSSR count). The number of nitrogens with one attached hydrogen (secondary N) is 1. The fourth-order valence-electron chi connectivity index (χ4n) is 2.63. The molecule has 27 heavy (non-hydrogen) atoms. The number of rotatable bonds is 6. The molecule has 144 valence electrons. The third-order valence-corrected chi connectivity index (χ3v) is 4.86. The zero-order valence-corrected chi connectivity index (χ0v) is 17.6. The van der Waals surface area contributed by atoms with Gasteiger partial charge in [-0.1, -0.05) is 60.8 Å². The first kappa shape index (κ1) is 21.5. The minimum atomic E-state index is -0.687. The summed E-state index contributed by atoms with van der Waals surface area (Å²) in [5, 5.41) is 4.08. The van der Waals surface area contributed by atoms with Gasteiger partial charge in [-0.05, 0) is 41.8 Å². The molecule has 2 aromatic carbocycles. The largest absolute Gasteiger partial charge is 0.340 e. The number of carbonyl (C=O) groups excluding carboxylic acids is 2. The Morgan fingerprint density at radius 1 is 1.04 bits per heavy atom. The van der Waals surface area contributed by atoms with Gasteiger partial charge in [0.05, 0.1) is 10.6 Å². The zero-order valence-electron chi connectivity index (χ0n) is 15.3.